The Morgan fingerprint density at radius 1 is 1.67 bits per heavy atom. The number of phenolic OH excluding ortho intramolecular Hbond substituents is 1. The molecular weight excluding hydrogens is 114 g/mol. The SMILES string of the molecule is N#Cc1cc[c]c(O)c1. The third-order valence-electron chi connectivity index (χ3n) is 0.915. The van der Waals surface area contributed by atoms with E-state index in [0.29, 0.717) is 5.56 Å². The second-order valence-corrected chi connectivity index (χ2v) is 1.57. The van der Waals surface area contributed by atoms with Crippen LogP contribution in [0.4, 0.5) is 0 Å². The highest BCUT2D eigenvalue weighted by atomic mass is 16.3. The molecule has 1 radical (unpaired) electrons. The molecule has 0 spiro atoms. The van der Waals surface area contributed by atoms with E-state index in [1.54, 1.807) is 6.07 Å². The Hall–Kier alpha value is -1.49. The van der Waals surface area contributed by atoms with E-state index in [2.05, 4.69) is 6.07 Å². The van der Waals surface area contributed by atoms with Gasteiger partial charge in [0.25, 0.3) is 0 Å². The lowest BCUT2D eigenvalue weighted by Crippen LogP contribution is -1.70. The van der Waals surface area contributed by atoms with Crippen molar-refractivity contribution in [2.45, 2.75) is 0 Å². The summed E-state index contributed by atoms with van der Waals surface area (Å²) in [6.45, 7) is 0. The van der Waals surface area contributed by atoms with E-state index in [0.717, 1.165) is 0 Å². The summed E-state index contributed by atoms with van der Waals surface area (Å²) in [5.41, 5.74) is 0.450. The molecule has 1 rings (SSSR count). The molecule has 0 aromatic heterocycles. The Bertz CT molecular complexity index is 249. The van der Waals surface area contributed by atoms with Crippen LogP contribution < -0.4 is 0 Å². The fourth-order valence-corrected chi connectivity index (χ4v) is 0.523. The molecule has 0 amide bonds. The largest absolute Gasteiger partial charge is 0.507 e. The number of benzene rings is 1. The highest BCUT2D eigenvalue weighted by molar-refractivity contribution is 5.34. The molecule has 0 saturated carbocycles. The Balaban J connectivity index is 3.12. The molecule has 0 aliphatic rings. The van der Waals surface area contributed by atoms with Gasteiger partial charge in [0.1, 0.15) is 5.75 Å². The normalized spacial score (nSPS) is 8.33. The van der Waals surface area contributed by atoms with Crippen LogP contribution in [0.3, 0.4) is 0 Å². The van der Waals surface area contributed by atoms with E-state index in [4.69, 9.17) is 10.4 Å². The van der Waals surface area contributed by atoms with E-state index < -0.39 is 0 Å². The molecule has 9 heavy (non-hydrogen) atoms. The number of rotatable bonds is 0. The van der Waals surface area contributed by atoms with E-state index >= 15 is 0 Å². The first-order chi connectivity index (χ1) is 4.33. The van der Waals surface area contributed by atoms with Crippen LogP contribution in [0.2, 0.25) is 0 Å². The van der Waals surface area contributed by atoms with E-state index in [-0.39, 0.29) is 5.75 Å². The molecule has 0 unspecified atom stereocenters. The van der Waals surface area contributed by atoms with Crippen LogP contribution in [-0.2, 0) is 0 Å². The highest BCUT2D eigenvalue weighted by Crippen LogP contribution is 2.07. The van der Waals surface area contributed by atoms with Crippen molar-refractivity contribution in [3.05, 3.63) is 29.8 Å². The fraction of sp³-hybridized carbons (Fsp3) is 0. The van der Waals surface area contributed by atoms with Crippen LogP contribution in [0.5, 0.6) is 5.75 Å². The van der Waals surface area contributed by atoms with Crippen LogP contribution in [-0.4, -0.2) is 5.11 Å². The molecule has 43 valence electrons. The van der Waals surface area contributed by atoms with E-state index in [1.807, 2.05) is 6.07 Å². The summed E-state index contributed by atoms with van der Waals surface area (Å²) in [6, 6.07) is 8.85. The zero-order valence-corrected chi connectivity index (χ0v) is 4.63. The van der Waals surface area contributed by atoms with Gasteiger partial charge in [0.2, 0.25) is 0 Å². The van der Waals surface area contributed by atoms with Gasteiger partial charge in [-0.2, -0.15) is 5.26 Å². The average molecular weight is 118 g/mol. The van der Waals surface area contributed by atoms with Crippen molar-refractivity contribution in [3.63, 3.8) is 0 Å². The number of phenols is 1. The summed E-state index contributed by atoms with van der Waals surface area (Å²) < 4.78 is 0. The molecule has 0 saturated heterocycles. The quantitative estimate of drug-likeness (QED) is 0.553. The van der Waals surface area contributed by atoms with Crippen LogP contribution in [0, 0.1) is 17.4 Å². The molecule has 0 atom stereocenters. The van der Waals surface area contributed by atoms with Gasteiger partial charge in [-0.05, 0) is 18.2 Å². The van der Waals surface area contributed by atoms with Crippen LogP contribution in [0.25, 0.3) is 0 Å². The van der Waals surface area contributed by atoms with E-state index in [1.165, 1.54) is 12.1 Å². The van der Waals surface area contributed by atoms with Crippen molar-refractivity contribution in [2.75, 3.05) is 0 Å². The van der Waals surface area contributed by atoms with Crippen molar-refractivity contribution < 1.29 is 5.11 Å². The standard InChI is InChI=1S/C7H4NO/c8-5-6-2-1-3-7(9)4-6/h1-2,4,9H. The lowest BCUT2D eigenvalue weighted by molar-refractivity contribution is 0.474. The predicted octanol–water partition coefficient (Wildman–Crippen LogP) is 1.06. The van der Waals surface area contributed by atoms with Crippen molar-refractivity contribution in [1.29, 1.82) is 5.26 Å². The Morgan fingerprint density at radius 2 is 2.44 bits per heavy atom. The van der Waals surface area contributed by atoms with Crippen LogP contribution in [0.1, 0.15) is 5.56 Å². The minimum atomic E-state index is 0.00838. The molecule has 1 aromatic rings. The Kier molecular flexibility index (Phi) is 1.37. The maximum absolute atomic E-state index is 8.74. The van der Waals surface area contributed by atoms with E-state index in [9.17, 15) is 0 Å². The first kappa shape index (κ1) is 5.64. The number of nitrogens with zero attached hydrogens (tertiary/aromatic N) is 1. The molecule has 0 aliphatic heterocycles. The van der Waals surface area contributed by atoms with Crippen molar-refractivity contribution >= 4 is 0 Å². The maximum Gasteiger partial charge on any atom is 0.124 e. The first-order valence-electron chi connectivity index (χ1n) is 2.44. The summed E-state index contributed by atoms with van der Waals surface area (Å²) in [5, 5.41) is 17.0. The summed E-state index contributed by atoms with van der Waals surface area (Å²) in [4.78, 5) is 0. The molecule has 0 aliphatic carbocycles. The maximum atomic E-state index is 8.74. The molecule has 0 heterocycles. The lowest BCUT2D eigenvalue weighted by atomic mass is 10.2. The third-order valence-corrected chi connectivity index (χ3v) is 0.915. The molecule has 2 heteroatoms. The van der Waals surface area contributed by atoms with Crippen LogP contribution in [0.15, 0.2) is 18.2 Å². The van der Waals surface area contributed by atoms with Crippen molar-refractivity contribution in [1.82, 2.24) is 0 Å². The second-order valence-electron chi connectivity index (χ2n) is 1.57. The third kappa shape index (κ3) is 1.20. The summed E-state index contributed by atoms with van der Waals surface area (Å²) in [5.74, 6) is 0.00838. The van der Waals surface area contributed by atoms with Gasteiger partial charge in [-0.1, -0.05) is 0 Å². The fourth-order valence-electron chi connectivity index (χ4n) is 0.523. The van der Waals surface area contributed by atoms with Gasteiger partial charge in [0.05, 0.1) is 11.6 Å². The van der Waals surface area contributed by atoms with Crippen LogP contribution >= 0.6 is 0 Å². The van der Waals surface area contributed by atoms with Gasteiger partial charge in [0, 0.05) is 6.07 Å². The topological polar surface area (TPSA) is 44.0 Å². The molecule has 1 aromatic carbocycles. The van der Waals surface area contributed by atoms with Gasteiger partial charge in [-0.25, -0.2) is 0 Å². The molecule has 0 fully saturated rings. The Labute approximate surface area is 53.0 Å². The average Bonchev–Trinajstić information content (AvgIpc) is 1.88. The molecular formula is C7H4NO. The predicted molar refractivity (Wildman–Crippen MR) is 31.7 cm³/mol. The number of nitriles is 1. The number of hydrogen-bond acceptors (Lipinski definition) is 2. The summed E-state index contributed by atoms with van der Waals surface area (Å²) >= 11 is 0. The van der Waals surface area contributed by atoms with Gasteiger partial charge in [0.15, 0.2) is 0 Å². The zero-order valence-electron chi connectivity index (χ0n) is 4.63. The molecule has 0 bridgehead atoms. The van der Waals surface area contributed by atoms with Gasteiger partial charge < -0.3 is 5.11 Å². The van der Waals surface area contributed by atoms with Crippen molar-refractivity contribution in [2.24, 2.45) is 0 Å². The Morgan fingerprint density at radius 3 is 2.89 bits per heavy atom. The summed E-state index contributed by atoms with van der Waals surface area (Å²) in [6.07, 6.45) is 0. The van der Waals surface area contributed by atoms with Gasteiger partial charge in [-0.15, -0.1) is 0 Å². The molecule has 2 nitrogen and oxygen atoms in total. The van der Waals surface area contributed by atoms with Gasteiger partial charge in [-0.3, -0.25) is 0 Å². The zero-order chi connectivity index (χ0) is 6.69. The number of aromatic hydroxyl groups is 1. The monoisotopic (exact) mass is 118 g/mol. The minimum absolute atomic E-state index is 0.00838. The molecule has 1 N–H and O–H groups in total. The second kappa shape index (κ2) is 2.19. The van der Waals surface area contributed by atoms with Crippen molar-refractivity contribution in [3.8, 4) is 11.8 Å². The minimum Gasteiger partial charge on any atom is -0.507 e. The smallest absolute Gasteiger partial charge is 0.124 e. The highest BCUT2D eigenvalue weighted by Gasteiger charge is 1.88. The van der Waals surface area contributed by atoms with Gasteiger partial charge >= 0.3 is 0 Å². The first-order valence-corrected chi connectivity index (χ1v) is 2.44. The lowest BCUT2D eigenvalue weighted by Gasteiger charge is -1.87. The summed E-state index contributed by atoms with van der Waals surface area (Å²) in [7, 11) is 0. The number of hydrogen-bond donors (Lipinski definition) is 1.